The Kier molecular flexibility index (Phi) is 8.23. The van der Waals surface area contributed by atoms with E-state index in [1.165, 1.54) is 0 Å². The SMILES string of the molecule is C=CCC1(C/C=C/CC2(C/C=C/CCC)C(=O)OCOC2=O)COC(C)(C)OC1. The molecule has 2 saturated heterocycles. The monoisotopic (exact) mass is 406 g/mol. The van der Waals surface area contributed by atoms with E-state index in [9.17, 15) is 9.59 Å². The van der Waals surface area contributed by atoms with Crippen LogP contribution in [0.1, 0.15) is 59.3 Å². The summed E-state index contributed by atoms with van der Waals surface area (Å²) in [4.78, 5) is 25.0. The van der Waals surface area contributed by atoms with Crippen LogP contribution in [0.3, 0.4) is 0 Å². The highest BCUT2D eigenvalue weighted by Crippen LogP contribution is 2.38. The van der Waals surface area contributed by atoms with Crippen LogP contribution >= 0.6 is 0 Å². The van der Waals surface area contributed by atoms with Gasteiger partial charge in [-0.1, -0.05) is 43.7 Å². The zero-order valence-corrected chi connectivity index (χ0v) is 17.9. The molecule has 0 spiro atoms. The number of hydrogen-bond donors (Lipinski definition) is 0. The Morgan fingerprint density at radius 1 is 0.897 bits per heavy atom. The predicted molar refractivity (Wildman–Crippen MR) is 110 cm³/mol. The Hall–Kier alpha value is -1.92. The molecule has 6 nitrogen and oxygen atoms in total. The van der Waals surface area contributed by atoms with Crippen LogP contribution in [0.25, 0.3) is 0 Å². The average molecular weight is 407 g/mol. The molecule has 29 heavy (non-hydrogen) atoms. The molecular weight excluding hydrogens is 372 g/mol. The molecule has 0 radical (unpaired) electrons. The molecule has 2 heterocycles. The van der Waals surface area contributed by atoms with Crippen LogP contribution < -0.4 is 0 Å². The number of hydrogen-bond acceptors (Lipinski definition) is 6. The van der Waals surface area contributed by atoms with Crippen molar-refractivity contribution in [2.24, 2.45) is 10.8 Å². The summed E-state index contributed by atoms with van der Waals surface area (Å²) in [6, 6.07) is 0. The third-order valence-corrected chi connectivity index (χ3v) is 5.46. The minimum Gasteiger partial charge on any atom is -0.427 e. The molecule has 2 fully saturated rings. The molecule has 0 aromatic rings. The molecule has 0 aliphatic carbocycles. The number of unbranched alkanes of at least 4 members (excludes halogenated alkanes) is 1. The molecule has 2 aliphatic rings. The lowest BCUT2D eigenvalue weighted by Gasteiger charge is -2.42. The molecule has 0 bridgehead atoms. The van der Waals surface area contributed by atoms with Crippen molar-refractivity contribution in [3.05, 3.63) is 37.0 Å². The van der Waals surface area contributed by atoms with E-state index in [0.29, 0.717) is 19.6 Å². The molecule has 162 valence electrons. The molecule has 6 heteroatoms. The molecule has 2 rings (SSSR count). The van der Waals surface area contributed by atoms with Gasteiger partial charge in [0.2, 0.25) is 6.79 Å². The van der Waals surface area contributed by atoms with Crippen molar-refractivity contribution in [3.8, 4) is 0 Å². The lowest BCUT2D eigenvalue weighted by Crippen LogP contribution is -2.46. The molecule has 0 saturated carbocycles. The van der Waals surface area contributed by atoms with E-state index < -0.39 is 23.1 Å². The van der Waals surface area contributed by atoms with Crippen LogP contribution in [0.4, 0.5) is 0 Å². The topological polar surface area (TPSA) is 71.1 Å². The van der Waals surface area contributed by atoms with Gasteiger partial charge in [-0.15, -0.1) is 6.58 Å². The molecule has 0 N–H and O–H groups in total. The smallest absolute Gasteiger partial charge is 0.327 e. The van der Waals surface area contributed by atoms with Crippen molar-refractivity contribution in [2.75, 3.05) is 20.0 Å². The maximum atomic E-state index is 12.5. The van der Waals surface area contributed by atoms with Crippen LogP contribution in [0.2, 0.25) is 0 Å². The van der Waals surface area contributed by atoms with Gasteiger partial charge < -0.3 is 18.9 Å². The third kappa shape index (κ3) is 6.03. The number of rotatable bonds is 10. The van der Waals surface area contributed by atoms with E-state index in [0.717, 1.165) is 19.3 Å². The van der Waals surface area contributed by atoms with Crippen molar-refractivity contribution in [1.82, 2.24) is 0 Å². The van der Waals surface area contributed by atoms with Crippen LogP contribution in [-0.2, 0) is 28.5 Å². The highest BCUT2D eigenvalue weighted by Gasteiger charge is 2.50. The molecule has 0 aromatic heterocycles. The standard InChI is InChI=1S/C23H34O6/c1-5-7-8-9-14-23(19(24)26-18-27-20(23)25)15-11-10-13-22(12-6-2)16-28-21(3,4)29-17-22/h6,8-11H,2,5,7,12-18H2,1,3-4H3/b9-8+,11-10+. The van der Waals surface area contributed by atoms with Gasteiger partial charge in [0.25, 0.3) is 0 Å². The summed E-state index contributed by atoms with van der Waals surface area (Å²) < 4.78 is 21.8. The molecule has 0 unspecified atom stereocenters. The largest absolute Gasteiger partial charge is 0.427 e. The average Bonchev–Trinajstić information content (AvgIpc) is 2.68. The number of carbonyl (C=O) groups excluding carboxylic acids is 2. The Balaban J connectivity index is 2.07. The number of cyclic esters (lactones) is 2. The van der Waals surface area contributed by atoms with E-state index in [2.05, 4.69) is 13.5 Å². The first kappa shape index (κ1) is 23.4. The van der Waals surface area contributed by atoms with Crippen LogP contribution in [-0.4, -0.2) is 37.7 Å². The molecule has 0 aromatic carbocycles. The van der Waals surface area contributed by atoms with Gasteiger partial charge in [0.1, 0.15) is 0 Å². The maximum Gasteiger partial charge on any atom is 0.327 e. The van der Waals surface area contributed by atoms with Gasteiger partial charge in [0, 0.05) is 5.41 Å². The van der Waals surface area contributed by atoms with Crippen LogP contribution in [0.15, 0.2) is 37.0 Å². The summed E-state index contributed by atoms with van der Waals surface area (Å²) in [5.74, 6) is -1.63. The van der Waals surface area contributed by atoms with Gasteiger partial charge in [-0.25, -0.2) is 0 Å². The highest BCUT2D eigenvalue weighted by atomic mass is 16.7. The van der Waals surface area contributed by atoms with Gasteiger partial charge in [0.15, 0.2) is 11.2 Å². The minimum atomic E-state index is -1.31. The third-order valence-electron chi connectivity index (χ3n) is 5.46. The first-order chi connectivity index (χ1) is 13.8. The van der Waals surface area contributed by atoms with E-state index in [4.69, 9.17) is 18.9 Å². The summed E-state index contributed by atoms with van der Waals surface area (Å²) in [6.07, 6.45) is 13.4. The maximum absolute atomic E-state index is 12.5. The van der Waals surface area contributed by atoms with E-state index in [-0.39, 0.29) is 25.0 Å². The number of allylic oxidation sites excluding steroid dienone is 5. The summed E-state index contributed by atoms with van der Waals surface area (Å²) in [7, 11) is 0. The molecule has 0 atom stereocenters. The summed E-state index contributed by atoms with van der Waals surface area (Å²) in [6.45, 7) is 10.5. The fraction of sp³-hybridized carbons (Fsp3) is 0.652. The van der Waals surface area contributed by atoms with Crippen molar-refractivity contribution in [1.29, 1.82) is 0 Å². The van der Waals surface area contributed by atoms with Gasteiger partial charge in [-0.05, 0) is 46.0 Å². The Bertz CT molecular complexity index is 620. The number of esters is 2. The zero-order chi connectivity index (χ0) is 21.4. The van der Waals surface area contributed by atoms with Gasteiger partial charge in [0.05, 0.1) is 13.2 Å². The summed E-state index contributed by atoms with van der Waals surface area (Å²) in [5, 5.41) is 0. The summed E-state index contributed by atoms with van der Waals surface area (Å²) >= 11 is 0. The predicted octanol–water partition coefficient (Wildman–Crippen LogP) is 4.46. The van der Waals surface area contributed by atoms with Gasteiger partial charge in [-0.2, -0.15) is 0 Å². The van der Waals surface area contributed by atoms with Gasteiger partial charge in [-0.3, -0.25) is 9.59 Å². The molecular formula is C23H34O6. The summed E-state index contributed by atoms with van der Waals surface area (Å²) in [5.41, 5.74) is -1.51. The molecule has 0 amide bonds. The van der Waals surface area contributed by atoms with Crippen LogP contribution in [0.5, 0.6) is 0 Å². The Morgan fingerprint density at radius 2 is 1.45 bits per heavy atom. The zero-order valence-electron chi connectivity index (χ0n) is 17.9. The Morgan fingerprint density at radius 3 is 2.00 bits per heavy atom. The van der Waals surface area contributed by atoms with Crippen molar-refractivity contribution in [2.45, 2.75) is 65.1 Å². The van der Waals surface area contributed by atoms with Crippen molar-refractivity contribution < 1.29 is 28.5 Å². The van der Waals surface area contributed by atoms with Gasteiger partial charge >= 0.3 is 11.9 Å². The normalized spacial score (nSPS) is 23.1. The first-order valence-electron chi connectivity index (χ1n) is 10.3. The second-order valence-corrected chi connectivity index (χ2v) is 8.38. The second kappa shape index (κ2) is 10.2. The molecule has 2 aliphatic heterocycles. The highest BCUT2D eigenvalue weighted by molar-refractivity contribution is 6.01. The number of ether oxygens (including phenoxy) is 4. The fourth-order valence-corrected chi connectivity index (χ4v) is 3.46. The lowest BCUT2D eigenvalue weighted by atomic mass is 9.78. The first-order valence-corrected chi connectivity index (χ1v) is 10.3. The Labute approximate surface area is 173 Å². The van der Waals surface area contributed by atoms with E-state index in [1.807, 2.05) is 44.2 Å². The van der Waals surface area contributed by atoms with Crippen LogP contribution in [0, 0.1) is 10.8 Å². The lowest BCUT2D eigenvalue weighted by molar-refractivity contribution is -0.284. The van der Waals surface area contributed by atoms with Crippen molar-refractivity contribution in [3.63, 3.8) is 0 Å². The van der Waals surface area contributed by atoms with Crippen molar-refractivity contribution >= 4 is 11.9 Å². The fourth-order valence-electron chi connectivity index (χ4n) is 3.46. The minimum absolute atomic E-state index is 0.199. The van der Waals surface area contributed by atoms with E-state index in [1.54, 1.807) is 0 Å². The number of carbonyl (C=O) groups is 2. The van der Waals surface area contributed by atoms with E-state index >= 15 is 0 Å². The quantitative estimate of drug-likeness (QED) is 0.303. The second-order valence-electron chi connectivity index (χ2n) is 8.38.